The van der Waals surface area contributed by atoms with E-state index in [0.717, 1.165) is 31.5 Å². The van der Waals surface area contributed by atoms with Gasteiger partial charge in [0.25, 0.3) is 0 Å². The Morgan fingerprint density at radius 1 is 0.600 bits per heavy atom. The zero-order chi connectivity index (χ0) is 13.9. The summed E-state index contributed by atoms with van der Waals surface area (Å²) in [6.07, 6.45) is 3.59. The van der Waals surface area contributed by atoms with Gasteiger partial charge in [-0.3, -0.25) is 9.97 Å². The van der Waals surface area contributed by atoms with Crippen molar-refractivity contribution in [2.45, 2.75) is 0 Å². The van der Waals surface area contributed by atoms with E-state index in [2.05, 4.69) is 54.0 Å². The minimum Gasteiger partial charge on any atom is -0.256 e. The maximum Gasteiger partial charge on any atom is 0.0713 e. The topological polar surface area (TPSA) is 25.8 Å². The Kier molecular flexibility index (Phi) is 3.94. The number of hydrogen-bond donors (Lipinski definition) is 0. The fourth-order valence-corrected chi connectivity index (χ4v) is 3.09. The van der Waals surface area contributed by atoms with Crippen molar-refractivity contribution < 1.29 is 0 Å². The molecule has 0 aliphatic heterocycles. The maximum absolute atomic E-state index is 4.39. The first kappa shape index (κ1) is 13.5. The van der Waals surface area contributed by atoms with E-state index in [1.807, 2.05) is 36.4 Å². The van der Waals surface area contributed by atoms with Crippen molar-refractivity contribution in [1.29, 1.82) is 0 Å². The number of aromatic nitrogens is 2. The van der Waals surface area contributed by atoms with E-state index < -0.39 is 0 Å². The fraction of sp³-hybridized carbons (Fsp3) is 0. The van der Waals surface area contributed by atoms with Gasteiger partial charge in [0.2, 0.25) is 0 Å². The quantitative estimate of drug-likeness (QED) is 0.591. The van der Waals surface area contributed by atoms with Crippen LogP contribution in [0.4, 0.5) is 0 Å². The molecule has 2 nitrogen and oxygen atoms in total. The molecule has 0 atom stereocenters. The molecular weight excluding hydrogens is 380 g/mol. The van der Waals surface area contributed by atoms with Crippen molar-refractivity contribution in [1.82, 2.24) is 9.97 Å². The Morgan fingerprint density at radius 2 is 1.05 bits per heavy atom. The minimum absolute atomic E-state index is 0.938. The summed E-state index contributed by atoms with van der Waals surface area (Å²) in [5.41, 5.74) is 3.98. The number of hydrogen-bond acceptors (Lipinski definition) is 2. The molecular formula is C16H10Br2N2. The zero-order valence-corrected chi connectivity index (χ0v) is 13.6. The third kappa shape index (κ3) is 2.53. The molecule has 0 radical (unpaired) electrons. The van der Waals surface area contributed by atoms with Crippen LogP contribution in [0.5, 0.6) is 0 Å². The molecule has 0 aliphatic carbocycles. The molecule has 0 fully saturated rings. The van der Waals surface area contributed by atoms with Crippen LogP contribution in [-0.2, 0) is 0 Å². The van der Waals surface area contributed by atoms with Gasteiger partial charge in [-0.15, -0.1) is 0 Å². The van der Waals surface area contributed by atoms with Crippen LogP contribution in [0.3, 0.4) is 0 Å². The molecule has 3 rings (SSSR count). The Balaban J connectivity index is 2.13. The van der Waals surface area contributed by atoms with E-state index in [4.69, 9.17) is 0 Å². The van der Waals surface area contributed by atoms with Crippen LogP contribution in [0.1, 0.15) is 0 Å². The van der Waals surface area contributed by atoms with Crippen LogP contribution in [0, 0.1) is 0 Å². The molecule has 0 amide bonds. The molecule has 2 aromatic heterocycles. The van der Waals surface area contributed by atoms with Gasteiger partial charge in [0, 0.05) is 32.5 Å². The summed E-state index contributed by atoms with van der Waals surface area (Å²) in [6.45, 7) is 0. The highest BCUT2D eigenvalue weighted by atomic mass is 79.9. The molecule has 0 spiro atoms. The zero-order valence-electron chi connectivity index (χ0n) is 10.4. The molecule has 0 unspecified atom stereocenters. The van der Waals surface area contributed by atoms with Crippen LogP contribution < -0.4 is 0 Å². The summed E-state index contributed by atoms with van der Waals surface area (Å²) in [5, 5.41) is 0. The lowest BCUT2D eigenvalue weighted by molar-refractivity contribution is 1.30. The average Bonchev–Trinajstić information content (AvgIpc) is 2.52. The van der Waals surface area contributed by atoms with E-state index in [9.17, 15) is 0 Å². The van der Waals surface area contributed by atoms with E-state index in [-0.39, 0.29) is 0 Å². The first-order valence-corrected chi connectivity index (χ1v) is 7.67. The van der Waals surface area contributed by atoms with Crippen molar-refractivity contribution in [3.8, 4) is 22.5 Å². The Bertz CT molecular complexity index is 664. The smallest absolute Gasteiger partial charge is 0.0713 e. The van der Waals surface area contributed by atoms with Crippen LogP contribution in [0.15, 0.2) is 69.9 Å². The standard InChI is InChI=1S/C16H10Br2N2/c17-15-11(13-5-1-3-9-19-13)7-8-12(16(15)18)14-6-2-4-10-20-14/h1-10H. The van der Waals surface area contributed by atoms with Crippen molar-refractivity contribution in [3.05, 3.63) is 69.9 Å². The van der Waals surface area contributed by atoms with Crippen LogP contribution in [0.2, 0.25) is 0 Å². The molecule has 0 saturated carbocycles. The largest absolute Gasteiger partial charge is 0.256 e. The van der Waals surface area contributed by atoms with Gasteiger partial charge in [0.1, 0.15) is 0 Å². The lowest BCUT2D eigenvalue weighted by Gasteiger charge is -2.10. The lowest BCUT2D eigenvalue weighted by Crippen LogP contribution is -1.89. The highest BCUT2D eigenvalue weighted by molar-refractivity contribution is 9.13. The van der Waals surface area contributed by atoms with Gasteiger partial charge >= 0.3 is 0 Å². The van der Waals surface area contributed by atoms with Gasteiger partial charge in [0.15, 0.2) is 0 Å². The fourth-order valence-electron chi connectivity index (χ4n) is 1.99. The third-order valence-electron chi connectivity index (χ3n) is 2.96. The molecule has 0 bridgehead atoms. The van der Waals surface area contributed by atoms with E-state index in [1.54, 1.807) is 12.4 Å². The van der Waals surface area contributed by atoms with Gasteiger partial charge < -0.3 is 0 Å². The second-order valence-corrected chi connectivity index (χ2v) is 5.80. The molecule has 98 valence electrons. The summed E-state index contributed by atoms with van der Waals surface area (Å²) < 4.78 is 1.97. The minimum atomic E-state index is 0.938. The SMILES string of the molecule is Brc1c(-c2ccccn2)ccc(-c2ccccn2)c1Br. The number of rotatable bonds is 2. The average molecular weight is 390 g/mol. The highest BCUT2D eigenvalue weighted by Crippen LogP contribution is 2.39. The number of benzene rings is 1. The third-order valence-corrected chi connectivity index (χ3v) is 5.14. The van der Waals surface area contributed by atoms with Crippen molar-refractivity contribution in [2.75, 3.05) is 0 Å². The Labute approximate surface area is 134 Å². The normalized spacial score (nSPS) is 10.5. The molecule has 3 aromatic rings. The Morgan fingerprint density at radius 3 is 1.40 bits per heavy atom. The second kappa shape index (κ2) is 5.85. The summed E-state index contributed by atoms with van der Waals surface area (Å²) in [5.74, 6) is 0. The maximum atomic E-state index is 4.39. The summed E-state index contributed by atoms with van der Waals surface area (Å²) in [6, 6.07) is 15.9. The van der Waals surface area contributed by atoms with Gasteiger partial charge in [-0.1, -0.05) is 24.3 Å². The van der Waals surface area contributed by atoms with Gasteiger partial charge in [0.05, 0.1) is 11.4 Å². The summed E-state index contributed by atoms with van der Waals surface area (Å²) in [7, 11) is 0. The molecule has 1 aromatic carbocycles. The van der Waals surface area contributed by atoms with Crippen molar-refractivity contribution >= 4 is 31.9 Å². The summed E-state index contributed by atoms with van der Waals surface area (Å²) in [4.78, 5) is 8.77. The van der Waals surface area contributed by atoms with Gasteiger partial charge in [-0.25, -0.2) is 0 Å². The molecule has 2 heterocycles. The molecule has 0 N–H and O–H groups in total. The predicted molar refractivity (Wildman–Crippen MR) is 88.3 cm³/mol. The van der Waals surface area contributed by atoms with E-state index >= 15 is 0 Å². The summed E-state index contributed by atoms with van der Waals surface area (Å²) >= 11 is 7.30. The molecule has 20 heavy (non-hydrogen) atoms. The van der Waals surface area contributed by atoms with Crippen LogP contribution in [-0.4, -0.2) is 9.97 Å². The number of pyridine rings is 2. The van der Waals surface area contributed by atoms with E-state index in [0.29, 0.717) is 0 Å². The molecule has 4 heteroatoms. The molecule has 0 aliphatic rings. The molecule has 0 saturated heterocycles. The highest BCUT2D eigenvalue weighted by Gasteiger charge is 2.13. The van der Waals surface area contributed by atoms with Crippen molar-refractivity contribution in [2.24, 2.45) is 0 Å². The van der Waals surface area contributed by atoms with E-state index in [1.165, 1.54) is 0 Å². The number of halogens is 2. The van der Waals surface area contributed by atoms with Crippen LogP contribution in [0.25, 0.3) is 22.5 Å². The van der Waals surface area contributed by atoms with Crippen LogP contribution >= 0.6 is 31.9 Å². The monoisotopic (exact) mass is 388 g/mol. The number of nitrogens with zero attached hydrogens (tertiary/aromatic N) is 2. The van der Waals surface area contributed by atoms with Crippen molar-refractivity contribution in [3.63, 3.8) is 0 Å². The first-order chi connectivity index (χ1) is 9.77. The lowest BCUT2D eigenvalue weighted by atomic mass is 10.1. The van der Waals surface area contributed by atoms with Gasteiger partial charge in [-0.2, -0.15) is 0 Å². The van der Waals surface area contributed by atoms with Gasteiger partial charge in [-0.05, 0) is 56.1 Å². The Hall–Kier alpha value is -1.52. The first-order valence-electron chi connectivity index (χ1n) is 6.08. The second-order valence-electron chi connectivity index (χ2n) is 4.22. The predicted octanol–water partition coefficient (Wildman–Crippen LogP) is 5.34.